The second-order valence-electron chi connectivity index (χ2n) is 8.23. The highest BCUT2D eigenvalue weighted by molar-refractivity contribution is 7.98. The highest BCUT2D eigenvalue weighted by Crippen LogP contribution is 2.49. The van der Waals surface area contributed by atoms with Crippen LogP contribution in [0.25, 0.3) is 0 Å². The lowest BCUT2D eigenvalue weighted by Crippen LogP contribution is -2.54. The number of hydrogen-bond acceptors (Lipinski definition) is 5. The maximum Gasteiger partial charge on any atom is 0.410 e. The van der Waals surface area contributed by atoms with Gasteiger partial charge in [0, 0.05) is 42.2 Å². The van der Waals surface area contributed by atoms with Gasteiger partial charge in [-0.05, 0) is 38.3 Å². The molecule has 3 aliphatic rings. The van der Waals surface area contributed by atoms with Gasteiger partial charge < -0.3 is 20.3 Å². The molecule has 0 bridgehead atoms. The van der Waals surface area contributed by atoms with E-state index >= 15 is 0 Å². The van der Waals surface area contributed by atoms with Gasteiger partial charge in [-0.25, -0.2) is 4.79 Å². The van der Waals surface area contributed by atoms with Gasteiger partial charge in [-0.1, -0.05) is 18.2 Å². The average molecular weight is 362 g/mol. The molecule has 25 heavy (non-hydrogen) atoms. The summed E-state index contributed by atoms with van der Waals surface area (Å²) in [6, 6.07) is 6.99. The smallest absolute Gasteiger partial charge is 0.410 e. The SMILES string of the molecule is CC(C)(C)OC(=O)N1CC[C@H]2[C@@H](C1)c1cccc3c1N2C(N)CSC3. The number of hydrogen-bond donors (Lipinski definition) is 1. The van der Waals surface area contributed by atoms with Crippen LogP contribution in [0, 0.1) is 0 Å². The fraction of sp³-hybridized carbons (Fsp3) is 0.632. The number of nitrogens with zero attached hydrogens (tertiary/aromatic N) is 2. The molecule has 2 N–H and O–H groups in total. The summed E-state index contributed by atoms with van der Waals surface area (Å²) < 4.78 is 5.59. The van der Waals surface area contributed by atoms with Crippen molar-refractivity contribution < 1.29 is 9.53 Å². The number of rotatable bonds is 0. The Hall–Kier alpha value is -1.40. The van der Waals surface area contributed by atoms with Gasteiger partial charge in [0.25, 0.3) is 0 Å². The number of nitrogens with two attached hydrogens (primary N) is 1. The predicted octanol–water partition coefficient (Wildman–Crippen LogP) is 3.13. The Kier molecular flexibility index (Phi) is 4.15. The number of fused-ring (bicyclic) bond motifs is 3. The number of para-hydroxylation sites is 1. The maximum absolute atomic E-state index is 12.5. The van der Waals surface area contributed by atoms with E-state index in [9.17, 15) is 4.79 Å². The van der Waals surface area contributed by atoms with Crippen molar-refractivity contribution in [3.8, 4) is 0 Å². The zero-order valence-corrected chi connectivity index (χ0v) is 16.0. The van der Waals surface area contributed by atoms with Crippen molar-refractivity contribution >= 4 is 23.5 Å². The third-order valence-corrected chi connectivity index (χ3v) is 6.39. The second-order valence-corrected chi connectivity index (χ2v) is 9.26. The Labute approximate surface area is 153 Å². The quantitative estimate of drug-likeness (QED) is 0.769. The van der Waals surface area contributed by atoms with Crippen LogP contribution in [0.5, 0.6) is 0 Å². The van der Waals surface area contributed by atoms with Crippen LogP contribution in [0.4, 0.5) is 10.5 Å². The van der Waals surface area contributed by atoms with Crippen molar-refractivity contribution in [1.82, 2.24) is 4.90 Å². The van der Waals surface area contributed by atoms with Gasteiger partial charge in [-0.2, -0.15) is 11.8 Å². The molecule has 3 heterocycles. The Bertz CT molecular complexity index is 688. The molecule has 6 heteroatoms. The number of benzene rings is 1. The lowest BCUT2D eigenvalue weighted by molar-refractivity contribution is 0.0188. The minimum atomic E-state index is -0.457. The van der Waals surface area contributed by atoms with Crippen molar-refractivity contribution in [3.63, 3.8) is 0 Å². The summed E-state index contributed by atoms with van der Waals surface area (Å²) in [5, 5.41) is 0. The molecule has 1 unspecified atom stereocenters. The van der Waals surface area contributed by atoms with Gasteiger partial charge in [0.2, 0.25) is 0 Å². The number of ether oxygens (including phenoxy) is 1. The number of piperidine rings is 1. The van der Waals surface area contributed by atoms with Crippen molar-refractivity contribution in [2.45, 2.75) is 56.7 Å². The van der Waals surface area contributed by atoms with Crippen LogP contribution in [0.15, 0.2) is 18.2 Å². The average Bonchev–Trinajstić information content (AvgIpc) is 2.77. The van der Waals surface area contributed by atoms with Crippen molar-refractivity contribution in [3.05, 3.63) is 29.3 Å². The molecule has 4 rings (SSSR count). The lowest BCUT2D eigenvalue weighted by atomic mass is 9.89. The van der Waals surface area contributed by atoms with Crippen LogP contribution in [0.2, 0.25) is 0 Å². The summed E-state index contributed by atoms with van der Waals surface area (Å²) in [7, 11) is 0. The summed E-state index contributed by atoms with van der Waals surface area (Å²) in [6.45, 7) is 7.19. The first-order valence-corrected chi connectivity index (χ1v) is 10.2. The normalized spacial score (nSPS) is 28.2. The molecule has 1 amide bonds. The van der Waals surface area contributed by atoms with Gasteiger partial charge in [0.05, 0.1) is 6.17 Å². The van der Waals surface area contributed by atoms with Gasteiger partial charge in [-0.3, -0.25) is 0 Å². The van der Waals surface area contributed by atoms with Gasteiger partial charge in [-0.15, -0.1) is 0 Å². The minimum Gasteiger partial charge on any atom is -0.444 e. The first-order valence-electron chi connectivity index (χ1n) is 9.06. The molecule has 0 radical (unpaired) electrons. The van der Waals surface area contributed by atoms with Gasteiger partial charge in [0.15, 0.2) is 0 Å². The zero-order chi connectivity index (χ0) is 17.8. The van der Waals surface area contributed by atoms with E-state index in [4.69, 9.17) is 10.5 Å². The zero-order valence-electron chi connectivity index (χ0n) is 15.2. The monoisotopic (exact) mass is 361 g/mol. The predicted molar refractivity (Wildman–Crippen MR) is 102 cm³/mol. The topological polar surface area (TPSA) is 58.8 Å². The molecule has 3 atom stereocenters. The molecular formula is C19H27N3O2S. The maximum atomic E-state index is 12.5. The van der Waals surface area contributed by atoms with Crippen molar-refractivity contribution in [1.29, 1.82) is 0 Å². The van der Waals surface area contributed by atoms with Gasteiger partial charge in [0.1, 0.15) is 5.60 Å². The second kappa shape index (κ2) is 6.09. The first kappa shape index (κ1) is 17.0. The molecule has 1 aromatic carbocycles. The van der Waals surface area contributed by atoms with Crippen LogP contribution in [0.3, 0.4) is 0 Å². The van der Waals surface area contributed by atoms with Crippen LogP contribution in [-0.2, 0) is 10.5 Å². The largest absolute Gasteiger partial charge is 0.444 e. The molecule has 136 valence electrons. The van der Waals surface area contributed by atoms with E-state index in [2.05, 4.69) is 23.1 Å². The molecule has 0 saturated carbocycles. The number of thioether (sulfide) groups is 1. The van der Waals surface area contributed by atoms with Crippen LogP contribution >= 0.6 is 11.8 Å². The summed E-state index contributed by atoms with van der Waals surface area (Å²) >= 11 is 1.91. The standard InChI is InChI=1S/C19H27N3O2S/c1-19(2,3)24-18(23)21-8-7-15-14(9-21)13-6-4-5-12-10-25-11-16(20)22(15)17(12)13/h4-6,14-16H,7-11,20H2,1-3H3/t14-,15-,16?/m0/s1. The Morgan fingerprint density at radius 1 is 1.36 bits per heavy atom. The summed E-state index contributed by atoms with van der Waals surface area (Å²) in [6.07, 6.45) is 0.792. The Balaban J connectivity index is 1.63. The molecule has 0 aromatic heterocycles. The lowest BCUT2D eigenvalue weighted by Gasteiger charge is -2.41. The van der Waals surface area contributed by atoms with E-state index in [0.29, 0.717) is 18.5 Å². The van der Waals surface area contributed by atoms with E-state index in [1.165, 1.54) is 16.8 Å². The third kappa shape index (κ3) is 2.99. The Morgan fingerprint density at radius 2 is 2.16 bits per heavy atom. The van der Waals surface area contributed by atoms with E-state index in [-0.39, 0.29) is 12.3 Å². The highest BCUT2D eigenvalue weighted by atomic mass is 32.2. The minimum absolute atomic E-state index is 0.0514. The number of carbonyl (C=O) groups excluding carboxylic acids is 1. The number of amides is 1. The molecule has 1 aromatic rings. The molecule has 3 aliphatic heterocycles. The fourth-order valence-electron chi connectivity index (χ4n) is 4.36. The molecule has 0 spiro atoms. The third-order valence-electron chi connectivity index (χ3n) is 5.30. The molecule has 1 saturated heterocycles. The molecular weight excluding hydrogens is 334 g/mol. The molecule has 1 fully saturated rings. The number of carbonyl (C=O) groups is 1. The van der Waals surface area contributed by atoms with Crippen molar-refractivity contribution in [2.75, 3.05) is 23.7 Å². The van der Waals surface area contributed by atoms with Crippen LogP contribution in [-0.4, -0.2) is 47.6 Å². The van der Waals surface area contributed by atoms with E-state index in [0.717, 1.165) is 24.5 Å². The Morgan fingerprint density at radius 3 is 2.92 bits per heavy atom. The first-order chi connectivity index (χ1) is 11.8. The van der Waals surface area contributed by atoms with E-state index < -0.39 is 5.60 Å². The molecule has 5 nitrogen and oxygen atoms in total. The molecule has 0 aliphatic carbocycles. The van der Waals surface area contributed by atoms with E-state index in [1.807, 2.05) is 37.4 Å². The van der Waals surface area contributed by atoms with Crippen LogP contribution in [0.1, 0.15) is 44.2 Å². The van der Waals surface area contributed by atoms with Crippen molar-refractivity contribution in [2.24, 2.45) is 5.73 Å². The van der Waals surface area contributed by atoms with E-state index in [1.54, 1.807) is 0 Å². The summed E-state index contributed by atoms with van der Waals surface area (Å²) in [5.74, 6) is 2.29. The number of likely N-dealkylation sites (tertiary alicyclic amines) is 1. The highest BCUT2D eigenvalue weighted by Gasteiger charge is 2.46. The fourth-order valence-corrected chi connectivity index (χ4v) is 5.33. The van der Waals surface area contributed by atoms with Crippen LogP contribution < -0.4 is 10.6 Å². The number of anilines is 1. The summed E-state index contributed by atoms with van der Waals surface area (Å²) in [5.41, 5.74) is 10.1. The summed E-state index contributed by atoms with van der Waals surface area (Å²) in [4.78, 5) is 16.8. The van der Waals surface area contributed by atoms with Gasteiger partial charge >= 0.3 is 6.09 Å².